The number of benzene rings is 2. The summed E-state index contributed by atoms with van der Waals surface area (Å²) in [5, 5.41) is 7.50. The van der Waals surface area contributed by atoms with Gasteiger partial charge in [0.1, 0.15) is 0 Å². The van der Waals surface area contributed by atoms with Crippen molar-refractivity contribution in [1.29, 1.82) is 0 Å². The summed E-state index contributed by atoms with van der Waals surface area (Å²) < 4.78 is 0. The Morgan fingerprint density at radius 1 is 0.944 bits per heavy atom. The first-order valence-electron chi connectivity index (χ1n) is 5.93. The average molecular weight is 239 g/mol. The van der Waals surface area contributed by atoms with Crippen molar-refractivity contribution in [2.24, 2.45) is 5.10 Å². The number of nitrogens with zero attached hydrogens (tertiary/aromatic N) is 1. The molecule has 0 aliphatic rings. The van der Waals surface area contributed by atoms with Crippen molar-refractivity contribution in [3.05, 3.63) is 60.2 Å². The van der Waals surface area contributed by atoms with Crippen molar-refractivity contribution < 1.29 is 0 Å². The molecule has 3 heteroatoms. The van der Waals surface area contributed by atoms with Gasteiger partial charge in [-0.05, 0) is 36.8 Å². The first-order chi connectivity index (χ1) is 8.79. The third kappa shape index (κ3) is 3.10. The summed E-state index contributed by atoms with van der Waals surface area (Å²) in [5.74, 6) is 0. The van der Waals surface area contributed by atoms with E-state index in [2.05, 4.69) is 21.9 Å². The van der Waals surface area contributed by atoms with E-state index in [0.29, 0.717) is 0 Å². The van der Waals surface area contributed by atoms with Crippen LogP contribution in [-0.4, -0.2) is 12.8 Å². The molecule has 0 aromatic heterocycles. The molecule has 2 aromatic rings. The highest BCUT2D eigenvalue weighted by Gasteiger charge is 1.98. The van der Waals surface area contributed by atoms with Crippen LogP contribution in [0, 0.1) is 0 Å². The van der Waals surface area contributed by atoms with Gasteiger partial charge in [-0.3, -0.25) is 5.43 Å². The van der Waals surface area contributed by atoms with E-state index < -0.39 is 0 Å². The topological polar surface area (TPSA) is 36.4 Å². The lowest BCUT2D eigenvalue weighted by molar-refractivity contribution is 1.32. The normalized spacial score (nSPS) is 11.1. The van der Waals surface area contributed by atoms with Crippen molar-refractivity contribution in [1.82, 2.24) is 0 Å². The maximum absolute atomic E-state index is 4.38. The molecule has 0 aliphatic carbocycles. The summed E-state index contributed by atoms with van der Waals surface area (Å²) in [5.41, 5.74) is 7.18. The van der Waals surface area contributed by atoms with Crippen LogP contribution < -0.4 is 10.7 Å². The molecular weight excluding hydrogens is 222 g/mol. The van der Waals surface area contributed by atoms with Crippen molar-refractivity contribution in [3.63, 3.8) is 0 Å². The molecule has 0 radical (unpaired) electrons. The highest BCUT2D eigenvalue weighted by Crippen LogP contribution is 2.11. The van der Waals surface area contributed by atoms with Crippen LogP contribution in [0.5, 0.6) is 0 Å². The zero-order valence-corrected chi connectivity index (χ0v) is 10.6. The zero-order valence-electron chi connectivity index (χ0n) is 10.6. The summed E-state index contributed by atoms with van der Waals surface area (Å²) >= 11 is 0. The molecule has 3 nitrogen and oxygen atoms in total. The molecule has 0 unspecified atom stereocenters. The van der Waals surface area contributed by atoms with E-state index in [0.717, 1.165) is 22.6 Å². The molecule has 2 N–H and O–H groups in total. The lowest BCUT2D eigenvalue weighted by Gasteiger charge is -2.05. The van der Waals surface area contributed by atoms with E-state index in [-0.39, 0.29) is 0 Å². The summed E-state index contributed by atoms with van der Waals surface area (Å²) in [6.07, 6.45) is 0. The second kappa shape index (κ2) is 5.87. The number of hydrazone groups is 1. The molecule has 18 heavy (non-hydrogen) atoms. The van der Waals surface area contributed by atoms with E-state index in [4.69, 9.17) is 0 Å². The van der Waals surface area contributed by atoms with E-state index in [1.807, 2.05) is 62.5 Å². The Kier molecular flexibility index (Phi) is 3.97. The molecule has 0 saturated carbocycles. The predicted molar refractivity (Wildman–Crippen MR) is 78.3 cm³/mol. The number of nitrogens with one attached hydrogen (secondary N) is 2. The van der Waals surface area contributed by atoms with Gasteiger partial charge in [-0.1, -0.05) is 30.3 Å². The highest BCUT2D eigenvalue weighted by atomic mass is 15.3. The van der Waals surface area contributed by atoms with E-state index in [9.17, 15) is 0 Å². The minimum absolute atomic E-state index is 0.955. The van der Waals surface area contributed by atoms with Gasteiger partial charge in [-0.25, -0.2) is 0 Å². The monoisotopic (exact) mass is 239 g/mol. The molecule has 0 spiro atoms. The molecule has 0 saturated heterocycles. The number of anilines is 2. The van der Waals surface area contributed by atoms with Crippen molar-refractivity contribution in [2.75, 3.05) is 17.8 Å². The second-order valence-electron chi connectivity index (χ2n) is 4.01. The number of hydrogen-bond donors (Lipinski definition) is 2. The average Bonchev–Trinajstić information content (AvgIpc) is 2.46. The van der Waals surface area contributed by atoms with E-state index in [1.54, 1.807) is 0 Å². The Bertz CT molecular complexity index is 532. The second-order valence-corrected chi connectivity index (χ2v) is 4.01. The van der Waals surface area contributed by atoms with E-state index >= 15 is 0 Å². The smallest absolute Gasteiger partial charge is 0.0649 e. The summed E-state index contributed by atoms with van der Waals surface area (Å²) in [4.78, 5) is 0. The summed E-state index contributed by atoms with van der Waals surface area (Å²) in [7, 11) is 1.91. The molecule has 2 aromatic carbocycles. The molecule has 0 atom stereocenters. The maximum atomic E-state index is 4.38. The van der Waals surface area contributed by atoms with Crippen LogP contribution in [0.3, 0.4) is 0 Å². The number of para-hydroxylation sites is 1. The Balaban J connectivity index is 2.12. The molecule has 0 aliphatic heterocycles. The molecule has 0 amide bonds. The van der Waals surface area contributed by atoms with Crippen molar-refractivity contribution in [3.8, 4) is 0 Å². The minimum Gasteiger partial charge on any atom is -0.388 e. The maximum Gasteiger partial charge on any atom is 0.0649 e. The molecule has 0 fully saturated rings. The van der Waals surface area contributed by atoms with Gasteiger partial charge in [-0.2, -0.15) is 5.10 Å². The van der Waals surface area contributed by atoms with Gasteiger partial charge in [-0.15, -0.1) is 0 Å². The summed E-state index contributed by atoms with van der Waals surface area (Å²) in [6, 6.07) is 18.1. The molecule has 0 bridgehead atoms. The van der Waals surface area contributed by atoms with Crippen LogP contribution >= 0.6 is 0 Å². The van der Waals surface area contributed by atoms with Crippen LogP contribution in [0.1, 0.15) is 12.5 Å². The fraction of sp³-hybridized carbons (Fsp3) is 0.133. The first-order valence-corrected chi connectivity index (χ1v) is 5.93. The van der Waals surface area contributed by atoms with Gasteiger partial charge in [0.25, 0.3) is 0 Å². The lowest BCUT2D eigenvalue weighted by atomic mass is 10.1. The lowest BCUT2D eigenvalue weighted by Crippen LogP contribution is -2.00. The van der Waals surface area contributed by atoms with Gasteiger partial charge in [0.2, 0.25) is 0 Å². The van der Waals surface area contributed by atoms with E-state index in [1.165, 1.54) is 0 Å². The van der Waals surface area contributed by atoms with Crippen LogP contribution in [0.4, 0.5) is 11.4 Å². The van der Waals surface area contributed by atoms with Crippen LogP contribution in [-0.2, 0) is 0 Å². The molecular formula is C15H17N3. The zero-order chi connectivity index (χ0) is 12.8. The predicted octanol–water partition coefficient (Wildman–Crippen LogP) is 3.56. The van der Waals surface area contributed by atoms with Gasteiger partial charge in [0.15, 0.2) is 0 Å². The van der Waals surface area contributed by atoms with Crippen molar-refractivity contribution >= 4 is 17.1 Å². The third-order valence-corrected chi connectivity index (χ3v) is 2.70. The molecule has 0 heterocycles. The standard InChI is InChI=1S/C15H17N3/c1-12(13-7-6-10-15(11-13)16-2)17-18-14-8-4-3-5-9-14/h3-11,16,18H,1-2H3/b17-12-. The Morgan fingerprint density at radius 3 is 2.39 bits per heavy atom. The van der Waals surface area contributed by atoms with Gasteiger partial charge in [0, 0.05) is 12.7 Å². The Hall–Kier alpha value is -2.29. The molecule has 92 valence electrons. The van der Waals surface area contributed by atoms with Crippen LogP contribution in [0.2, 0.25) is 0 Å². The quantitative estimate of drug-likeness (QED) is 0.632. The first kappa shape index (κ1) is 12.2. The number of rotatable bonds is 4. The highest BCUT2D eigenvalue weighted by molar-refractivity contribution is 5.99. The fourth-order valence-electron chi connectivity index (χ4n) is 1.63. The van der Waals surface area contributed by atoms with Gasteiger partial charge in [0.05, 0.1) is 11.4 Å². The van der Waals surface area contributed by atoms with Crippen molar-refractivity contribution in [2.45, 2.75) is 6.92 Å². The SMILES string of the molecule is CNc1cccc(/C(C)=N\Nc2ccccc2)c1. The van der Waals surface area contributed by atoms with Gasteiger partial charge >= 0.3 is 0 Å². The summed E-state index contributed by atoms with van der Waals surface area (Å²) in [6.45, 7) is 1.99. The fourth-order valence-corrected chi connectivity index (χ4v) is 1.63. The van der Waals surface area contributed by atoms with Crippen LogP contribution in [0.15, 0.2) is 59.7 Å². The minimum atomic E-state index is 0.955. The van der Waals surface area contributed by atoms with Crippen LogP contribution in [0.25, 0.3) is 0 Å². The Morgan fingerprint density at radius 2 is 1.67 bits per heavy atom. The number of hydrogen-bond acceptors (Lipinski definition) is 3. The largest absolute Gasteiger partial charge is 0.388 e. The van der Waals surface area contributed by atoms with Gasteiger partial charge < -0.3 is 5.32 Å². The third-order valence-electron chi connectivity index (χ3n) is 2.70. The molecule has 2 rings (SSSR count). The Labute approximate surface area is 108 Å².